The summed E-state index contributed by atoms with van der Waals surface area (Å²) in [5, 5.41) is 2.73. The highest BCUT2D eigenvalue weighted by Gasteiger charge is 2.42. The summed E-state index contributed by atoms with van der Waals surface area (Å²) in [6, 6.07) is 2.92. The maximum Gasteiger partial charge on any atom is 0.391 e. The lowest BCUT2D eigenvalue weighted by Gasteiger charge is -2.36. The third-order valence-corrected chi connectivity index (χ3v) is 5.45. The minimum absolute atomic E-state index is 0.0614. The summed E-state index contributed by atoms with van der Waals surface area (Å²) < 4.78 is 65.3. The quantitative estimate of drug-likeness (QED) is 0.781. The minimum Gasteiger partial charge on any atom is -0.369 e. The van der Waals surface area contributed by atoms with Gasteiger partial charge in [-0.25, -0.2) is 8.78 Å². The molecule has 3 rings (SSSR count). The number of rotatable bonds is 4. The lowest BCUT2D eigenvalue weighted by molar-refractivity contribution is -0.184. The first-order valence-electron chi connectivity index (χ1n) is 9.50. The summed E-state index contributed by atoms with van der Waals surface area (Å²) in [5.74, 6) is -2.90. The molecule has 0 bridgehead atoms. The van der Waals surface area contributed by atoms with Crippen molar-refractivity contribution in [3.05, 3.63) is 29.8 Å². The summed E-state index contributed by atoms with van der Waals surface area (Å²) in [6.45, 7) is 2.19. The highest BCUT2D eigenvalue weighted by molar-refractivity contribution is 5.78. The Balaban J connectivity index is 1.45. The van der Waals surface area contributed by atoms with Gasteiger partial charge in [0.05, 0.1) is 12.5 Å². The molecule has 0 unspecified atom stereocenters. The van der Waals surface area contributed by atoms with E-state index in [1.165, 1.54) is 12.1 Å². The van der Waals surface area contributed by atoms with Gasteiger partial charge in [0.25, 0.3) is 0 Å². The topological polar surface area (TPSA) is 35.6 Å². The second-order valence-corrected chi connectivity index (χ2v) is 7.56. The van der Waals surface area contributed by atoms with Crippen molar-refractivity contribution in [1.29, 1.82) is 0 Å². The van der Waals surface area contributed by atoms with Crippen LogP contribution in [0.5, 0.6) is 0 Å². The van der Waals surface area contributed by atoms with Crippen LogP contribution in [0.2, 0.25) is 0 Å². The third-order valence-electron chi connectivity index (χ3n) is 5.45. The van der Waals surface area contributed by atoms with Gasteiger partial charge in [-0.15, -0.1) is 0 Å². The zero-order valence-electron chi connectivity index (χ0n) is 15.4. The maximum absolute atomic E-state index is 13.4. The van der Waals surface area contributed by atoms with Crippen molar-refractivity contribution in [2.24, 2.45) is 5.92 Å². The first-order valence-corrected chi connectivity index (χ1v) is 9.50. The van der Waals surface area contributed by atoms with Crippen molar-refractivity contribution < 1.29 is 26.7 Å². The number of carbonyl (C=O) groups is 1. The first kappa shape index (κ1) is 20.8. The number of alkyl halides is 3. The number of carbonyl (C=O) groups excluding carboxylic acids is 1. The Morgan fingerprint density at radius 2 is 1.68 bits per heavy atom. The Kier molecular flexibility index (Phi) is 6.42. The molecule has 1 saturated heterocycles. The fourth-order valence-electron chi connectivity index (χ4n) is 3.98. The summed E-state index contributed by atoms with van der Waals surface area (Å²) >= 11 is 0. The molecule has 1 amide bonds. The van der Waals surface area contributed by atoms with Crippen molar-refractivity contribution in [3.8, 4) is 0 Å². The van der Waals surface area contributed by atoms with Gasteiger partial charge in [0, 0.05) is 44.0 Å². The molecule has 1 saturated carbocycles. The summed E-state index contributed by atoms with van der Waals surface area (Å²) in [4.78, 5) is 16.0. The van der Waals surface area contributed by atoms with E-state index < -0.39 is 29.8 Å². The number of anilines is 1. The average Bonchev–Trinajstić information content (AvgIpc) is 2.61. The fourth-order valence-corrected chi connectivity index (χ4v) is 3.98. The van der Waals surface area contributed by atoms with E-state index in [0.29, 0.717) is 44.7 Å². The largest absolute Gasteiger partial charge is 0.391 e. The van der Waals surface area contributed by atoms with Crippen molar-refractivity contribution in [2.75, 3.05) is 37.6 Å². The number of amides is 1. The highest BCUT2D eigenvalue weighted by Crippen LogP contribution is 2.37. The standard InChI is InChI=1S/C19H24F5N3O/c20-14-9-15(21)11-17(10-14)27-6-4-26(5-7-27)12-18(28)25-16-3-1-2-13(8-16)19(22,23)24/h9-11,13,16H,1-8,12H2,(H,25,28)/t13-,16-/m0/s1. The van der Waals surface area contributed by atoms with Gasteiger partial charge in [0.1, 0.15) is 11.6 Å². The molecule has 1 aliphatic carbocycles. The molecule has 4 nitrogen and oxygen atoms in total. The minimum atomic E-state index is -4.21. The van der Waals surface area contributed by atoms with Gasteiger partial charge >= 0.3 is 6.18 Å². The summed E-state index contributed by atoms with van der Waals surface area (Å²) in [5.41, 5.74) is 0.460. The molecule has 2 atom stereocenters. The Hall–Kier alpha value is -1.90. The Morgan fingerprint density at radius 1 is 1.04 bits per heavy atom. The fraction of sp³-hybridized carbons (Fsp3) is 0.632. The monoisotopic (exact) mass is 405 g/mol. The van der Waals surface area contributed by atoms with Crippen molar-refractivity contribution in [2.45, 2.75) is 37.9 Å². The average molecular weight is 405 g/mol. The molecule has 1 heterocycles. The summed E-state index contributed by atoms with van der Waals surface area (Å²) in [6.07, 6.45) is -3.13. The molecule has 156 valence electrons. The normalized spacial score (nSPS) is 24.2. The predicted octanol–water partition coefficient (Wildman–Crippen LogP) is 3.32. The Bertz CT molecular complexity index is 668. The lowest BCUT2D eigenvalue weighted by Crippen LogP contribution is -2.51. The van der Waals surface area contributed by atoms with Gasteiger partial charge < -0.3 is 10.2 Å². The van der Waals surface area contributed by atoms with Crippen LogP contribution in [0.15, 0.2) is 18.2 Å². The molecule has 0 spiro atoms. The maximum atomic E-state index is 13.4. The second kappa shape index (κ2) is 8.63. The van der Waals surface area contributed by atoms with Gasteiger partial charge in [0.2, 0.25) is 5.91 Å². The third kappa shape index (κ3) is 5.56. The number of nitrogens with zero attached hydrogens (tertiary/aromatic N) is 2. The van der Waals surface area contributed by atoms with Gasteiger partial charge in [-0.05, 0) is 31.4 Å². The second-order valence-electron chi connectivity index (χ2n) is 7.56. The van der Waals surface area contributed by atoms with E-state index in [9.17, 15) is 26.7 Å². The van der Waals surface area contributed by atoms with Gasteiger partial charge in [-0.2, -0.15) is 13.2 Å². The van der Waals surface area contributed by atoms with Gasteiger partial charge in [-0.3, -0.25) is 9.69 Å². The summed E-state index contributed by atoms with van der Waals surface area (Å²) in [7, 11) is 0. The molecule has 0 radical (unpaired) electrons. The smallest absolute Gasteiger partial charge is 0.369 e. The number of nitrogens with one attached hydrogen (secondary N) is 1. The van der Waals surface area contributed by atoms with E-state index in [0.717, 1.165) is 6.07 Å². The molecular weight excluding hydrogens is 381 g/mol. The number of halogens is 5. The molecule has 2 aliphatic rings. The van der Waals surface area contributed by atoms with Gasteiger partial charge in [-0.1, -0.05) is 6.42 Å². The molecule has 1 N–H and O–H groups in total. The van der Waals surface area contributed by atoms with E-state index in [2.05, 4.69) is 5.32 Å². The van der Waals surface area contributed by atoms with Crippen molar-refractivity contribution >= 4 is 11.6 Å². The molecule has 9 heteroatoms. The number of piperazine rings is 1. The van der Waals surface area contributed by atoms with E-state index in [-0.39, 0.29) is 25.3 Å². The van der Waals surface area contributed by atoms with Crippen molar-refractivity contribution in [3.63, 3.8) is 0 Å². The van der Waals surface area contributed by atoms with E-state index >= 15 is 0 Å². The molecule has 2 fully saturated rings. The molecule has 1 aromatic rings. The number of hydrogen-bond donors (Lipinski definition) is 1. The molecule has 1 aliphatic heterocycles. The van der Waals surface area contributed by atoms with Crippen LogP contribution in [0.25, 0.3) is 0 Å². The van der Waals surface area contributed by atoms with Gasteiger partial charge in [0.15, 0.2) is 0 Å². The van der Waals surface area contributed by atoms with E-state index in [1.807, 2.05) is 9.80 Å². The Labute approximate surface area is 160 Å². The van der Waals surface area contributed by atoms with Crippen molar-refractivity contribution in [1.82, 2.24) is 10.2 Å². The molecule has 0 aromatic heterocycles. The lowest BCUT2D eigenvalue weighted by atomic mass is 9.85. The van der Waals surface area contributed by atoms with Crippen LogP contribution in [-0.4, -0.2) is 55.7 Å². The zero-order valence-corrected chi connectivity index (χ0v) is 15.4. The SMILES string of the molecule is O=C(CN1CCN(c2cc(F)cc(F)c2)CC1)N[C@H]1CCC[C@H](C(F)(F)F)C1. The van der Waals surface area contributed by atoms with Crippen LogP contribution >= 0.6 is 0 Å². The Morgan fingerprint density at radius 3 is 2.29 bits per heavy atom. The van der Waals surface area contributed by atoms with E-state index in [4.69, 9.17) is 0 Å². The van der Waals surface area contributed by atoms with Crippen LogP contribution < -0.4 is 10.2 Å². The first-order chi connectivity index (χ1) is 13.2. The van der Waals surface area contributed by atoms with Crippen LogP contribution in [0.4, 0.5) is 27.6 Å². The molecule has 28 heavy (non-hydrogen) atoms. The van der Waals surface area contributed by atoms with Crippen LogP contribution in [0.3, 0.4) is 0 Å². The zero-order chi connectivity index (χ0) is 20.3. The van der Waals surface area contributed by atoms with Crippen LogP contribution in [-0.2, 0) is 4.79 Å². The number of benzene rings is 1. The van der Waals surface area contributed by atoms with E-state index in [1.54, 1.807) is 0 Å². The van der Waals surface area contributed by atoms with Crippen LogP contribution in [0.1, 0.15) is 25.7 Å². The van der Waals surface area contributed by atoms with Crippen LogP contribution in [0, 0.1) is 17.6 Å². The molecule has 1 aromatic carbocycles. The number of hydrogen-bond acceptors (Lipinski definition) is 3. The predicted molar refractivity (Wildman–Crippen MR) is 95.0 cm³/mol. The molecular formula is C19H24F5N3O. The highest BCUT2D eigenvalue weighted by atomic mass is 19.4.